The first-order valence-corrected chi connectivity index (χ1v) is 10.3. The summed E-state index contributed by atoms with van der Waals surface area (Å²) < 4.78 is 0. The van der Waals surface area contributed by atoms with Gasteiger partial charge in [-0.1, -0.05) is 55.5 Å². The Labute approximate surface area is 171 Å². The number of carbonyl (C=O) groups is 1. The second-order valence-corrected chi connectivity index (χ2v) is 7.43. The van der Waals surface area contributed by atoms with E-state index < -0.39 is 0 Å². The molecular formula is C24H26N4O. The molecule has 4 rings (SSSR count). The van der Waals surface area contributed by atoms with Crippen molar-refractivity contribution in [3.63, 3.8) is 0 Å². The molecule has 29 heavy (non-hydrogen) atoms. The van der Waals surface area contributed by atoms with Crippen molar-refractivity contribution in [3.05, 3.63) is 72.3 Å². The van der Waals surface area contributed by atoms with Crippen LogP contribution in [0.5, 0.6) is 0 Å². The van der Waals surface area contributed by atoms with Gasteiger partial charge in [-0.2, -0.15) is 0 Å². The van der Waals surface area contributed by atoms with Gasteiger partial charge in [0.05, 0.1) is 11.6 Å². The third-order valence-electron chi connectivity index (χ3n) is 5.49. The van der Waals surface area contributed by atoms with Gasteiger partial charge in [0.1, 0.15) is 0 Å². The van der Waals surface area contributed by atoms with E-state index in [1.54, 1.807) is 0 Å². The maximum absolute atomic E-state index is 12.9. The van der Waals surface area contributed by atoms with Crippen LogP contribution < -0.4 is 10.2 Å². The third-order valence-corrected chi connectivity index (χ3v) is 5.49. The van der Waals surface area contributed by atoms with Crippen molar-refractivity contribution in [2.75, 3.05) is 23.3 Å². The summed E-state index contributed by atoms with van der Waals surface area (Å²) in [5.41, 5.74) is 3.99. The first-order valence-electron chi connectivity index (χ1n) is 10.3. The number of hydrogen-bond acceptors (Lipinski definition) is 4. The van der Waals surface area contributed by atoms with Crippen LogP contribution in [-0.2, 0) is 11.2 Å². The highest BCUT2D eigenvalue weighted by Gasteiger charge is 2.27. The molecule has 148 valence electrons. The van der Waals surface area contributed by atoms with E-state index in [1.165, 1.54) is 0 Å². The summed E-state index contributed by atoms with van der Waals surface area (Å²) in [5, 5.41) is 12.0. The van der Waals surface area contributed by atoms with Crippen LogP contribution in [0.3, 0.4) is 0 Å². The summed E-state index contributed by atoms with van der Waals surface area (Å²) in [7, 11) is 0. The highest BCUT2D eigenvalue weighted by atomic mass is 16.1. The fourth-order valence-electron chi connectivity index (χ4n) is 3.84. The molecule has 2 heterocycles. The molecule has 0 radical (unpaired) electrons. The Morgan fingerprint density at radius 3 is 2.59 bits per heavy atom. The molecule has 1 aliphatic rings. The van der Waals surface area contributed by atoms with E-state index in [2.05, 4.69) is 33.4 Å². The van der Waals surface area contributed by atoms with Crippen LogP contribution in [0.15, 0.2) is 66.7 Å². The Morgan fingerprint density at radius 2 is 1.83 bits per heavy atom. The molecular weight excluding hydrogens is 360 g/mol. The number of hydrogen-bond donors (Lipinski definition) is 1. The van der Waals surface area contributed by atoms with Gasteiger partial charge in [-0.05, 0) is 43.0 Å². The molecule has 1 aromatic heterocycles. The number of carbonyl (C=O) groups excluding carboxylic acids is 1. The second-order valence-electron chi connectivity index (χ2n) is 7.43. The number of aryl methyl sites for hydroxylation is 1. The smallest absolute Gasteiger partial charge is 0.229 e. The molecule has 5 nitrogen and oxygen atoms in total. The molecule has 2 aromatic carbocycles. The lowest BCUT2D eigenvalue weighted by Crippen LogP contribution is -2.41. The lowest BCUT2D eigenvalue weighted by Gasteiger charge is -2.32. The van der Waals surface area contributed by atoms with Crippen molar-refractivity contribution in [1.29, 1.82) is 0 Å². The summed E-state index contributed by atoms with van der Waals surface area (Å²) in [6, 6.07) is 22.0. The van der Waals surface area contributed by atoms with Crippen LogP contribution in [0, 0.1) is 5.92 Å². The van der Waals surface area contributed by atoms with E-state index in [1.807, 2.05) is 60.7 Å². The maximum atomic E-state index is 12.9. The highest BCUT2D eigenvalue weighted by Crippen LogP contribution is 2.25. The minimum Gasteiger partial charge on any atom is -0.354 e. The number of aromatic nitrogens is 2. The average Bonchev–Trinajstić information content (AvgIpc) is 2.80. The van der Waals surface area contributed by atoms with Crippen LogP contribution in [-0.4, -0.2) is 29.2 Å². The molecule has 5 heteroatoms. The van der Waals surface area contributed by atoms with Gasteiger partial charge in [0, 0.05) is 24.3 Å². The van der Waals surface area contributed by atoms with Gasteiger partial charge in [0.2, 0.25) is 5.91 Å². The van der Waals surface area contributed by atoms with Crippen LogP contribution in [0.25, 0.3) is 11.3 Å². The quantitative estimate of drug-likeness (QED) is 0.698. The number of nitrogens with one attached hydrogen (secondary N) is 1. The lowest BCUT2D eigenvalue weighted by atomic mass is 9.96. The number of amides is 1. The van der Waals surface area contributed by atoms with Crippen LogP contribution in [0.4, 0.5) is 11.5 Å². The molecule has 1 amide bonds. The minimum absolute atomic E-state index is 0.0516. The molecule has 0 saturated carbocycles. The Kier molecular flexibility index (Phi) is 5.84. The Hall–Kier alpha value is -3.21. The van der Waals surface area contributed by atoms with Gasteiger partial charge in [0.15, 0.2) is 5.82 Å². The fourth-order valence-corrected chi connectivity index (χ4v) is 3.84. The monoisotopic (exact) mass is 386 g/mol. The summed E-state index contributed by atoms with van der Waals surface area (Å²) in [6.45, 7) is 3.67. The Morgan fingerprint density at radius 1 is 1.03 bits per heavy atom. The molecule has 0 spiro atoms. The topological polar surface area (TPSA) is 58.1 Å². The minimum atomic E-state index is -0.0516. The summed E-state index contributed by atoms with van der Waals surface area (Å²) >= 11 is 0. The first-order chi connectivity index (χ1) is 14.2. The standard InChI is InChI=1S/C24H26N4O/c1-2-18-9-6-7-13-21(18)25-24(29)20-12-8-16-28(17-20)23-15-14-22(26-27-23)19-10-4-3-5-11-19/h3-7,9-11,13-15,20H,2,8,12,16-17H2,1H3,(H,25,29). The first kappa shape index (κ1) is 19.1. The van der Waals surface area contributed by atoms with Crippen LogP contribution in [0.1, 0.15) is 25.3 Å². The van der Waals surface area contributed by atoms with Gasteiger partial charge in [-0.3, -0.25) is 4.79 Å². The Bertz CT molecular complexity index is 956. The van der Waals surface area contributed by atoms with Crippen LogP contribution >= 0.6 is 0 Å². The SMILES string of the molecule is CCc1ccccc1NC(=O)C1CCCN(c2ccc(-c3ccccc3)nn2)C1. The van der Waals surface area contributed by atoms with Crippen molar-refractivity contribution in [1.82, 2.24) is 10.2 Å². The van der Waals surface area contributed by atoms with Gasteiger partial charge < -0.3 is 10.2 Å². The highest BCUT2D eigenvalue weighted by molar-refractivity contribution is 5.93. The number of benzene rings is 2. The summed E-state index contributed by atoms with van der Waals surface area (Å²) in [5.74, 6) is 0.866. The predicted molar refractivity (Wildman–Crippen MR) is 117 cm³/mol. The largest absolute Gasteiger partial charge is 0.354 e. The second kappa shape index (κ2) is 8.86. The maximum Gasteiger partial charge on any atom is 0.229 e. The number of anilines is 2. The van der Waals surface area contributed by atoms with Crippen molar-refractivity contribution in [3.8, 4) is 11.3 Å². The molecule has 1 fully saturated rings. The van der Waals surface area contributed by atoms with E-state index in [-0.39, 0.29) is 11.8 Å². The zero-order valence-electron chi connectivity index (χ0n) is 16.7. The van der Waals surface area contributed by atoms with Gasteiger partial charge in [-0.15, -0.1) is 10.2 Å². The average molecular weight is 386 g/mol. The molecule has 0 bridgehead atoms. The van der Waals surface area contributed by atoms with Gasteiger partial charge in [-0.25, -0.2) is 0 Å². The number of para-hydroxylation sites is 1. The fraction of sp³-hybridized carbons (Fsp3) is 0.292. The summed E-state index contributed by atoms with van der Waals surface area (Å²) in [4.78, 5) is 15.0. The van der Waals surface area contributed by atoms with Crippen molar-refractivity contribution >= 4 is 17.4 Å². The predicted octanol–water partition coefficient (Wildman–Crippen LogP) is 4.56. The molecule has 3 aromatic rings. The van der Waals surface area contributed by atoms with Crippen LogP contribution in [0.2, 0.25) is 0 Å². The van der Waals surface area contributed by atoms with Crippen molar-refractivity contribution in [2.24, 2.45) is 5.92 Å². The molecule has 1 N–H and O–H groups in total. The molecule has 1 aliphatic heterocycles. The molecule has 0 aliphatic carbocycles. The van der Waals surface area contributed by atoms with Crippen molar-refractivity contribution in [2.45, 2.75) is 26.2 Å². The lowest BCUT2D eigenvalue weighted by molar-refractivity contribution is -0.120. The normalized spacial score (nSPS) is 16.4. The zero-order valence-corrected chi connectivity index (χ0v) is 16.7. The number of rotatable bonds is 5. The van der Waals surface area contributed by atoms with E-state index in [4.69, 9.17) is 0 Å². The van der Waals surface area contributed by atoms with E-state index in [9.17, 15) is 4.79 Å². The van der Waals surface area contributed by atoms with E-state index in [0.717, 1.165) is 54.1 Å². The molecule has 1 unspecified atom stereocenters. The molecule has 1 atom stereocenters. The zero-order chi connectivity index (χ0) is 20.1. The van der Waals surface area contributed by atoms with Gasteiger partial charge in [0.25, 0.3) is 0 Å². The Balaban J connectivity index is 1.43. The van der Waals surface area contributed by atoms with Gasteiger partial charge >= 0.3 is 0 Å². The number of piperidine rings is 1. The van der Waals surface area contributed by atoms with E-state index >= 15 is 0 Å². The third kappa shape index (κ3) is 4.45. The number of nitrogens with zero attached hydrogens (tertiary/aromatic N) is 3. The van der Waals surface area contributed by atoms with Crippen molar-refractivity contribution < 1.29 is 4.79 Å². The molecule has 1 saturated heterocycles. The summed E-state index contributed by atoms with van der Waals surface area (Å²) in [6.07, 6.45) is 2.76. The van der Waals surface area contributed by atoms with E-state index in [0.29, 0.717) is 6.54 Å².